The summed E-state index contributed by atoms with van der Waals surface area (Å²) in [4.78, 5) is 54.7. The van der Waals surface area contributed by atoms with Gasteiger partial charge in [-0.1, -0.05) is 108 Å². The number of halogens is 8. The number of anilines is 4. The van der Waals surface area contributed by atoms with E-state index in [4.69, 9.17) is 20.1 Å². The van der Waals surface area contributed by atoms with Crippen LogP contribution in [0, 0.1) is 76.9 Å². The fourth-order valence-electron chi connectivity index (χ4n) is 8.78. The van der Waals surface area contributed by atoms with E-state index in [-0.39, 0.29) is 163 Å². The van der Waals surface area contributed by atoms with E-state index < -0.39 is 34.9 Å². The van der Waals surface area contributed by atoms with Gasteiger partial charge in [-0.2, -0.15) is 0 Å². The van der Waals surface area contributed by atoms with Crippen molar-refractivity contribution in [3.05, 3.63) is 350 Å². The molecule has 7 aromatic carbocycles. The van der Waals surface area contributed by atoms with Gasteiger partial charge in [0.2, 0.25) is 0 Å². The van der Waals surface area contributed by atoms with Crippen LogP contribution in [0.3, 0.4) is 0 Å². The summed E-state index contributed by atoms with van der Waals surface area (Å²) in [6, 6.07) is 69.4. The van der Waals surface area contributed by atoms with E-state index in [2.05, 4.69) is 84.4 Å². The number of hydrogen-bond donors (Lipinski definition) is 3. The van der Waals surface area contributed by atoms with Gasteiger partial charge < -0.3 is 54.8 Å². The molecule has 0 unspecified atom stereocenters. The van der Waals surface area contributed by atoms with Crippen molar-refractivity contribution >= 4 is 40.1 Å². The van der Waals surface area contributed by atoms with Crippen molar-refractivity contribution in [2.24, 2.45) is 0 Å². The number of para-hydroxylation sites is 2. The number of pyridine rings is 5. The van der Waals surface area contributed by atoms with Crippen LogP contribution < -0.4 is 14.5 Å². The van der Waals surface area contributed by atoms with Gasteiger partial charge in [0.05, 0.1) is 24.4 Å². The molecule has 0 aliphatic heterocycles. The first kappa shape index (κ1) is 102. The van der Waals surface area contributed by atoms with Crippen LogP contribution in [0.4, 0.5) is 57.9 Å². The third-order valence-corrected chi connectivity index (χ3v) is 13.3. The molecule has 0 saturated carbocycles. The zero-order valence-corrected chi connectivity index (χ0v) is 73.0. The van der Waals surface area contributed by atoms with Gasteiger partial charge in [0, 0.05) is 233 Å². The molecular formula is C85H72F8Ir5N7O7-5. The van der Waals surface area contributed by atoms with E-state index in [1.165, 1.54) is 97.3 Å². The van der Waals surface area contributed by atoms with Crippen molar-refractivity contribution in [2.45, 2.75) is 41.5 Å². The van der Waals surface area contributed by atoms with Crippen LogP contribution in [0.25, 0.3) is 56.3 Å². The topological polar surface area (TPSA) is 192 Å². The molecule has 12 aromatic rings. The molecule has 5 heterocycles. The number of aromatic nitrogens is 5. The summed E-state index contributed by atoms with van der Waals surface area (Å²) >= 11 is 0. The van der Waals surface area contributed by atoms with Crippen molar-refractivity contribution in [2.75, 3.05) is 31.0 Å². The van der Waals surface area contributed by atoms with Gasteiger partial charge in [0.15, 0.2) is 17.3 Å². The van der Waals surface area contributed by atoms with Crippen molar-refractivity contribution in [3.63, 3.8) is 0 Å². The Balaban J connectivity index is 0.00000130. The van der Waals surface area contributed by atoms with Gasteiger partial charge in [-0.05, 0) is 131 Å². The second-order valence-corrected chi connectivity index (χ2v) is 22.4. The molecule has 0 atom stereocenters. The van der Waals surface area contributed by atoms with Gasteiger partial charge in [0.1, 0.15) is 5.75 Å². The molecule has 12 rings (SSSR count). The molecule has 14 nitrogen and oxygen atoms in total. The number of nitrogens with zero attached hydrogens (tertiary/aromatic N) is 7. The van der Waals surface area contributed by atoms with Crippen LogP contribution in [0.2, 0.25) is 0 Å². The fraction of sp³-hybridized carbons (Fsp3) is 0.106. The Kier molecular flexibility index (Phi) is 49.7. The quantitative estimate of drug-likeness (QED) is 0.0427. The summed E-state index contributed by atoms with van der Waals surface area (Å²) in [6.45, 7) is 8.54. The standard InChI is InChI=1S/C23H16FN2.C13H12FN2.C12H8F2NO.2C11H6F2N.3C5H8O2.5Ir/c24-19-13-11-18(12-14-19)23-17-22(15-16-25-23)26(20-7-3-1-4-8-20)21-9-5-2-6-10-21;1-16(2)12-7-8-15-13(9-12)10-3-5-11(14)6-4-10;1-16-9-4-5-15-12(7-9)10-3-2-8(13)6-11(10)14;2*12-8-4-5-9(10(13)7-8)11-3-1-2-6-14-11;3*1-4(6)3-5(2)7;;;;;/h1-11,13-17H;3,5-9H,1-2H3;2,4-7H,1H3;2*1-4,6-7H;3*3,6H,1-2H3;;;;;/q5*-1;;;;;;;;. The normalized spacial score (nSPS) is 10.0. The molecule has 0 bridgehead atoms. The molecule has 0 aliphatic rings. The molecule has 5 radical (unpaired) electrons. The van der Waals surface area contributed by atoms with Crippen LogP contribution in [0.15, 0.2) is 273 Å². The minimum absolute atomic E-state index is 0. The monoisotopic (exact) mass is 2420 g/mol. The van der Waals surface area contributed by atoms with Crippen LogP contribution in [0.1, 0.15) is 41.5 Å². The molecule has 0 saturated heterocycles. The minimum atomic E-state index is -0.694. The van der Waals surface area contributed by atoms with Crippen LogP contribution in [-0.2, 0) is 115 Å². The average molecular weight is 2420 g/mol. The second kappa shape index (κ2) is 54.6. The number of rotatable bonds is 13. The molecule has 0 amide bonds. The average Bonchev–Trinajstić information content (AvgIpc) is 0.636. The summed E-state index contributed by atoms with van der Waals surface area (Å²) in [7, 11) is 5.44. The number of carbonyl (C=O) groups is 3. The second-order valence-electron chi connectivity index (χ2n) is 22.4. The largest absolute Gasteiger partial charge is 0.512 e. The predicted molar refractivity (Wildman–Crippen MR) is 399 cm³/mol. The first-order valence-electron chi connectivity index (χ1n) is 32.0. The van der Waals surface area contributed by atoms with Gasteiger partial charge in [-0.3, -0.25) is 49.5 Å². The molecular weight excluding hydrogens is 2340 g/mol. The van der Waals surface area contributed by atoms with E-state index >= 15 is 0 Å². The Morgan fingerprint density at radius 1 is 0.348 bits per heavy atom. The Morgan fingerprint density at radius 2 is 0.670 bits per heavy atom. The summed E-state index contributed by atoms with van der Waals surface area (Å²) < 4.78 is 109. The first-order chi connectivity index (χ1) is 51.1. The Morgan fingerprint density at radius 3 is 0.973 bits per heavy atom. The zero-order valence-electron chi connectivity index (χ0n) is 61.0. The van der Waals surface area contributed by atoms with E-state index in [0.717, 1.165) is 81.7 Å². The van der Waals surface area contributed by atoms with E-state index in [9.17, 15) is 49.5 Å². The zero-order chi connectivity index (χ0) is 78.4. The van der Waals surface area contributed by atoms with Gasteiger partial charge in [-0.25, -0.2) is 0 Å². The molecule has 3 N–H and O–H groups in total. The summed E-state index contributed by atoms with van der Waals surface area (Å²) in [5.74, 6) is -4.15. The van der Waals surface area contributed by atoms with Gasteiger partial charge in [-0.15, -0.1) is 96.1 Å². The van der Waals surface area contributed by atoms with Gasteiger partial charge >= 0.3 is 0 Å². The Hall–Kier alpha value is -9.99. The summed E-state index contributed by atoms with van der Waals surface area (Å²) in [5.41, 5.74) is 9.00. The number of methoxy groups -OCH3 is 1. The van der Waals surface area contributed by atoms with E-state index in [1.54, 1.807) is 85.5 Å². The molecule has 0 aliphatic carbocycles. The fourth-order valence-corrected chi connectivity index (χ4v) is 8.78. The number of ketones is 3. The number of carbonyl (C=O) groups excluding carboxylic acids is 3. The number of benzene rings is 7. The van der Waals surface area contributed by atoms with E-state index in [0.29, 0.717) is 22.8 Å². The smallest absolute Gasteiger partial charge is 0.155 e. The molecule has 5 aromatic heterocycles. The third-order valence-electron chi connectivity index (χ3n) is 13.3. The number of aliphatic hydroxyl groups excluding tert-OH is 3. The van der Waals surface area contributed by atoms with Crippen LogP contribution in [0.5, 0.6) is 5.75 Å². The predicted octanol–water partition coefficient (Wildman–Crippen LogP) is 20.5. The van der Waals surface area contributed by atoms with Crippen LogP contribution in [-0.4, -0.2) is 78.8 Å². The first-order valence-corrected chi connectivity index (χ1v) is 32.0. The maximum atomic E-state index is 13.4. The molecule has 0 spiro atoms. The Labute approximate surface area is 713 Å². The van der Waals surface area contributed by atoms with Crippen molar-refractivity contribution in [1.29, 1.82) is 0 Å². The molecule has 595 valence electrons. The Bertz CT molecular complexity index is 4700. The van der Waals surface area contributed by atoms with Crippen molar-refractivity contribution < 1.29 is 170 Å². The molecule has 0 fully saturated rings. The third kappa shape index (κ3) is 37.8. The number of aliphatic hydroxyl groups is 3. The summed E-state index contributed by atoms with van der Waals surface area (Å²) in [5, 5.41) is 25.1. The van der Waals surface area contributed by atoms with Crippen molar-refractivity contribution in [3.8, 4) is 62.0 Å². The minimum Gasteiger partial charge on any atom is -0.512 e. The maximum absolute atomic E-state index is 13.4. The summed E-state index contributed by atoms with van der Waals surface area (Å²) in [6.07, 6.45) is 11.6. The van der Waals surface area contributed by atoms with Gasteiger partial charge in [0.25, 0.3) is 0 Å². The number of allylic oxidation sites excluding steroid dienone is 6. The van der Waals surface area contributed by atoms with E-state index in [1.807, 2.05) is 79.7 Å². The molecule has 27 heteroatoms. The molecule has 112 heavy (non-hydrogen) atoms. The number of hydrogen-bond acceptors (Lipinski definition) is 14. The SMILES string of the molecule is CC(=O)C=C(C)O.CC(=O)C=C(C)O.CC(=O)C=C(C)O.CN(C)c1ccnc(-c2[c-]cc(F)cc2)c1.COc1ccnc(-c2[c-]cc(F)cc2F)c1.Fc1c[c-]c(-c2cc(N(c3ccccc3)c3ccccc3)ccn2)cc1.Fc1c[c-]c(-c2ccccn2)c(F)c1.Fc1c[c-]c(-c2ccccn2)c(F)c1.[Ir].[Ir].[Ir].[Ir].[Ir]. The van der Waals surface area contributed by atoms with Crippen molar-refractivity contribution in [1.82, 2.24) is 24.9 Å². The number of ether oxygens (including phenoxy) is 1. The van der Waals surface area contributed by atoms with Crippen LogP contribution >= 0.6 is 0 Å². The maximum Gasteiger partial charge on any atom is 0.155 e.